The summed E-state index contributed by atoms with van der Waals surface area (Å²) in [5.74, 6) is -0.714. The molecule has 1 amide bonds. The van der Waals surface area contributed by atoms with E-state index in [1.165, 1.54) is 18.3 Å². The van der Waals surface area contributed by atoms with Gasteiger partial charge in [0.25, 0.3) is 5.91 Å². The Bertz CT molecular complexity index is 1510. The number of allylic oxidation sites excluding steroid dienone is 2. The normalized spacial score (nSPS) is 18.7. The van der Waals surface area contributed by atoms with E-state index < -0.39 is 15.6 Å². The van der Waals surface area contributed by atoms with Gasteiger partial charge in [-0.1, -0.05) is 18.7 Å². The molecule has 3 aromatic rings. The second-order valence-electron chi connectivity index (χ2n) is 8.87. The number of amides is 1. The maximum atomic E-state index is 13.6. The lowest BCUT2D eigenvalue weighted by atomic mass is 9.99. The van der Waals surface area contributed by atoms with E-state index in [9.17, 15) is 13.4 Å². The Morgan fingerprint density at radius 2 is 2.05 bits per heavy atom. The molecule has 1 saturated heterocycles. The molecule has 1 aliphatic heterocycles. The van der Waals surface area contributed by atoms with Crippen LogP contribution < -0.4 is 5.32 Å². The SMILES string of the molecule is C=CC(=CC(=CC)S(C)(=O)=CC)C(CC1COCO1)NC(=O)c1cncc2c1cnn2-c1ccc(F)cc1. The second-order valence-corrected chi connectivity index (χ2v) is 11.6. The van der Waals surface area contributed by atoms with E-state index in [0.717, 1.165) is 0 Å². The minimum atomic E-state index is -2.36. The Balaban J connectivity index is 1.69. The van der Waals surface area contributed by atoms with Crippen LogP contribution >= 0.6 is 0 Å². The standard InChI is InChI=1S/C28H31FN4O4S/c1-5-19(12-23(6-2)38(4,35)7-3)26(13-22-17-36-18-37-22)32-28(34)25-14-30-16-27-24(25)15-31-33(27)21-10-8-20(29)9-11-21/h5-12,14-16,22,26H,1,13,17-18H2,2-4H3,(H,32,34). The van der Waals surface area contributed by atoms with Gasteiger partial charge in [0.2, 0.25) is 0 Å². The molecular weight excluding hydrogens is 507 g/mol. The first-order valence-electron chi connectivity index (χ1n) is 12.1. The van der Waals surface area contributed by atoms with Gasteiger partial charge in [0, 0.05) is 29.2 Å². The Labute approximate surface area is 221 Å². The fourth-order valence-electron chi connectivity index (χ4n) is 4.23. The number of rotatable bonds is 9. The topological polar surface area (TPSA) is 95.3 Å². The van der Waals surface area contributed by atoms with Crippen molar-refractivity contribution in [1.29, 1.82) is 0 Å². The molecule has 3 atom stereocenters. The average Bonchev–Trinajstić information content (AvgIpc) is 3.59. The number of carbonyl (C=O) groups excluding carboxylic acids is 1. The molecule has 1 fully saturated rings. The number of ether oxygens (including phenoxy) is 2. The lowest BCUT2D eigenvalue weighted by Crippen LogP contribution is -2.39. The molecule has 1 aliphatic rings. The number of nitrogens with zero attached hydrogens (tertiary/aromatic N) is 3. The van der Waals surface area contributed by atoms with Crippen molar-refractivity contribution in [3.8, 4) is 5.69 Å². The first-order chi connectivity index (χ1) is 18.3. The fourth-order valence-corrected chi connectivity index (χ4v) is 5.34. The van der Waals surface area contributed by atoms with Crippen LogP contribution in [0.3, 0.4) is 0 Å². The molecule has 1 N–H and O–H groups in total. The zero-order valence-corrected chi connectivity index (χ0v) is 22.4. The number of nitrogens with one attached hydrogen (secondary N) is 1. The van der Waals surface area contributed by atoms with E-state index in [1.807, 2.05) is 13.0 Å². The Morgan fingerprint density at radius 3 is 2.68 bits per heavy atom. The maximum absolute atomic E-state index is 13.6. The van der Waals surface area contributed by atoms with Gasteiger partial charge in [-0.3, -0.25) is 14.0 Å². The molecular formula is C28H31FN4O4S. The summed E-state index contributed by atoms with van der Waals surface area (Å²) in [6, 6.07) is 5.40. The summed E-state index contributed by atoms with van der Waals surface area (Å²) >= 11 is 0. The zero-order chi connectivity index (χ0) is 27.3. The molecule has 8 nitrogen and oxygen atoms in total. The maximum Gasteiger partial charge on any atom is 0.254 e. The number of carbonyl (C=O) groups is 1. The van der Waals surface area contributed by atoms with Crippen molar-refractivity contribution in [1.82, 2.24) is 20.1 Å². The molecule has 0 spiro atoms. The Hall–Kier alpha value is -3.60. The van der Waals surface area contributed by atoms with E-state index in [-0.39, 0.29) is 24.6 Å². The quantitative estimate of drug-likeness (QED) is 0.325. The van der Waals surface area contributed by atoms with Crippen LogP contribution in [0.15, 0.2) is 78.1 Å². The van der Waals surface area contributed by atoms with Crippen LogP contribution in [0.2, 0.25) is 0 Å². The van der Waals surface area contributed by atoms with E-state index in [4.69, 9.17) is 9.47 Å². The van der Waals surface area contributed by atoms with Gasteiger partial charge in [0.1, 0.15) is 12.6 Å². The lowest BCUT2D eigenvalue weighted by Gasteiger charge is -2.23. The van der Waals surface area contributed by atoms with Gasteiger partial charge < -0.3 is 14.8 Å². The molecule has 200 valence electrons. The van der Waals surface area contributed by atoms with Crippen molar-refractivity contribution < 1.29 is 22.9 Å². The number of benzene rings is 1. The number of hydrogen-bond donors (Lipinski definition) is 1. The minimum Gasteiger partial charge on any atom is -0.353 e. The summed E-state index contributed by atoms with van der Waals surface area (Å²) in [5, 5.41) is 9.76. The largest absolute Gasteiger partial charge is 0.353 e. The van der Waals surface area contributed by atoms with Crippen molar-refractivity contribution in [2.75, 3.05) is 19.7 Å². The summed E-state index contributed by atoms with van der Waals surface area (Å²) in [4.78, 5) is 18.5. The molecule has 38 heavy (non-hydrogen) atoms. The van der Waals surface area contributed by atoms with Gasteiger partial charge in [0.15, 0.2) is 0 Å². The van der Waals surface area contributed by atoms with Crippen molar-refractivity contribution in [2.45, 2.75) is 32.4 Å². The number of aromatic nitrogens is 3. The molecule has 0 bridgehead atoms. The Kier molecular flexibility index (Phi) is 8.55. The summed E-state index contributed by atoms with van der Waals surface area (Å²) in [5.41, 5.74) is 2.28. The van der Waals surface area contributed by atoms with E-state index in [0.29, 0.717) is 45.7 Å². The van der Waals surface area contributed by atoms with Gasteiger partial charge in [-0.25, -0.2) is 9.07 Å². The monoisotopic (exact) mass is 538 g/mol. The molecule has 0 radical (unpaired) electrons. The lowest BCUT2D eigenvalue weighted by molar-refractivity contribution is 0.0427. The van der Waals surface area contributed by atoms with Crippen molar-refractivity contribution >= 4 is 31.7 Å². The number of pyridine rings is 1. The highest BCUT2D eigenvalue weighted by Crippen LogP contribution is 2.23. The molecule has 1 aromatic carbocycles. The predicted octanol–water partition coefficient (Wildman–Crippen LogP) is 4.17. The molecule has 10 heteroatoms. The average molecular weight is 539 g/mol. The van der Waals surface area contributed by atoms with E-state index >= 15 is 0 Å². The molecule has 2 aromatic heterocycles. The predicted molar refractivity (Wildman–Crippen MR) is 148 cm³/mol. The molecule has 0 aliphatic carbocycles. The van der Waals surface area contributed by atoms with Crippen LogP contribution in [-0.2, 0) is 19.0 Å². The highest BCUT2D eigenvalue weighted by atomic mass is 32.2. The summed E-state index contributed by atoms with van der Waals surface area (Å²) < 4.78 is 39.1. The molecule has 0 saturated carbocycles. The molecule has 3 heterocycles. The van der Waals surface area contributed by atoms with Crippen molar-refractivity contribution in [3.63, 3.8) is 0 Å². The first-order valence-corrected chi connectivity index (χ1v) is 14.2. The fraction of sp³-hybridized carbons (Fsp3) is 0.286. The molecule has 3 unspecified atom stereocenters. The van der Waals surface area contributed by atoms with Gasteiger partial charge in [-0.05, 0) is 64.7 Å². The summed E-state index contributed by atoms with van der Waals surface area (Å²) in [6.45, 7) is 8.13. The third-order valence-electron chi connectivity index (χ3n) is 6.46. The first kappa shape index (κ1) is 27.4. The third-order valence-corrected chi connectivity index (χ3v) is 8.65. The van der Waals surface area contributed by atoms with E-state index in [2.05, 4.69) is 22.0 Å². The minimum absolute atomic E-state index is 0.192. The van der Waals surface area contributed by atoms with Crippen molar-refractivity contribution in [3.05, 3.63) is 89.5 Å². The van der Waals surface area contributed by atoms with Crippen LogP contribution in [0.1, 0.15) is 30.6 Å². The van der Waals surface area contributed by atoms with Gasteiger partial charge in [-0.15, -0.1) is 0 Å². The summed E-state index contributed by atoms with van der Waals surface area (Å²) in [6.07, 6.45) is 11.8. The number of hydrogen-bond acceptors (Lipinski definition) is 6. The van der Waals surface area contributed by atoms with Crippen LogP contribution in [0.4, 0.5) is 4.39 Å². The van der Waals surface area contributed by atoms with Crippen molar-refractivity contribution in [2.24, 2.45) is 0 Å². The van der Waals surface area contributed by atoms with Crippen LogP contribution in [0.25, 0.3) is 16.6 Å². The van der Waals surface area contributed by atoms with Crippen LogP contribution in [0, 0.1) is 5.82 Å². The van der Waals surface area contributed by atoms with Crippen LogP contribution in [0.5, 0.6) is 0 Å². The van der Waals surface area contributed by atoms with Crippen LogP contribution in [-0.4, -0.2) is 62.0 Å². The highest BCUT2D eigenvalue weighted by molar-refractivity contribution is 8.04. The number of halogens is 1. The zero-order valence-electron chi connectivity index (χ0n) is 21.6. The second kappa shape index (κ2) is 11.8. The smallest absolute Gasteiger partial charge is 0.254 e. The Morgan fingerprint density at radius 1 is 1.29 bits per heavy atom. The summed E-state index contributed by atoms with van der Waals surface area (Å²) in [7, 11) is -2.36. The van der Waals surface area contributed by atoms with Gasteiger partial charge >= 0.3 is 0 Å². The third kappa shape index (κ3) is 5.93. The van der Waals surface area contributed by atoms with Gasteiger partial charge in [0.05, 0.1) is 47.9 Å². The van der Waals surface area contributed by atoms with Gasteiger partial charge in [-0.2, -0.15) is 5.10 Å². The number of fused-ring (bicyclic) bond motifs is 1. The van der Waals surface area contributed by atoms with E-state index in [1.54, 1.807) is 59.9 Å². The molecule has 4 rings (SSSR count). The highest BCUT2D eigenvalue weighted by Gasteiger charge is 2.26.